The van der Waals surface area contributed by atoms with Crippen molar-refractivity contribution >= 4 is 0 Å². The summed E-state index contributed by atoms with van der Waals surface area (Å²) in [7, 11) is 0. The van der Waals surface area contributed by atoms with E-state index in [-0.39, 0.29) is 6.61 Å². The average Bonchev–Trinajstić information content (AvgIpc) is 3.18. The third kappa shape index (κ3) is 2.65. The van der Waals surface area contributed by atoms with Gasteiger partial charge in [0.05, 0.1) is 19.8 Å². The zero-order valence-corrected chi connectivity index (χ0v) is 10.5. The number of nitriles is 1. The zero-order valence-electron chi connectivity index (χ0n) is 10.5. The van der Waals surface area contributed by atoms with E-state index in [4.69, 9.17) is 29.7 Å². The van der Waals surface area contributed by atoms with Crippen molar-refractivity contribution in [2.45, 2.75) is 42.4 Å². The predicted octanol–water partition coefficient (Wildman–Crippen LogP) is -3.54. The maximum absolute atomic E-state index is 9.70. The van der Waals surface area contributed by atoms with Crippen LogP contribution in [0, 0.1) is 11.3 Å². The second kappa shape index (κ2) is 5.88. The highest BCUT2D eigenvalue weighted by atomic mass is 16.7. The molecule has 5 N–H and O–H groups in total. The molecule has 0 amide bonds. The van der Waals surface area contributed by atoms with Crippen LogP contribution in [0.15, 0.2) is 0 Å². The van der Waals surface area contributed by atoms with E-state index in [0.717, 1.165) is 0 Å². The molecule has 9 heteroatoms. The maximum Gasteiger partial charge on any atom is 0.205 e. The van der Waals surface area contributed by atoms with E-state index >= 15 is 0 Å². The third-order valence-corrected chi connectivity index (χ3v) is 3.50. The molecule has 7 atom stereocenters. The predicted molar refractivity (Wildman–Crippen MR) is 60.0 cm³/mol. The lowest BCUT2D eigenvalue weighted by Crippen LogP contribution is -2.59. The molecule has 0 spiro atoms. The van der Waals surface area contributed by atoms with Gasteiger partial charge >= 0.3 is 0 Å². The summed E-state index contributed by atoms with van der Waals surface area (Å²) in [5.74, 6) is 0. The van der Waals surface area contributed by atoms with Crippen LogP contribution in [0.25, 0.3) is 0 Å². The molecule has 20 heavy (non-hydrogen) atoms. The van der Waals surface area contributed by atoms with Gasteiger partial charge < -0.3 is 39.7 Å². The van der Waals surface area contributed by atoms with Crippen molar-refractivity contribution in [2.24, 2.45) is 0 Å². The lowest BCUT2D eigenvalue weighted by molar-refractivity contribution is -0.301. The van der Waals surface area contributed by atoms with Crippen LogP contribution < -0.4 is 0 Å². The fourth-order valence-corrected chi connectivity index (χ4v) is 2.05. The summed E-state index contributed by atoms with van der Waals surface area (Å²) < 4.78 is 15.3. The molecule has 2 saturated heterocycles. The second-order valence-electron chi connectivity index (χ2n) is 4.80. The topological polar surface area (TPSA) is 156 Å². The molecule has 0 aromatic heterocycles. The Morgan fingerprint density at radius 2 is 1.85 bits per heavy atom. The monoisotopic (exact) mass is 291 g/mol. The molecule has 0 unspecified atom stereocenters. The number of hydrogen-bond donors (Lipinski definition) is 5. The van der Waals surface area contributed by atoms with E-state index in [1.807, 2.05) is 0 Å². The SMILES string of the molecule is N#C[C@@]1(CO)O[C@H]1CO[C@@H]1O[C@H](CO)[C@@H](O)[C@H](O)[C@H]1O. The van der Waals surface area contributed by atoms with Crippen LogP contribution in [0.2, 0.25) is 0 Å². The van der Waals surface area contributed by atoms with Gasteiger partial charge in [0.1, 0.15) is 36.6 Å². The van der Waals surface area contributed by atoms with E-state index in [1.165, 1.54) is 0 Å². The van der Waals surface area contributed by atoms with Crippen LogP contribution >= 0.6 is 0 Å². The molecule has 0 aliphatic carbocycles. The summed E-state index contributed by atoms with van der Waals surface area (Å²) in [6, 6.07) is 1.80. The highest BCUT2D eigenvalue weighted by molar-refractivity contribution is 5.18. The van der Waals surface area contributed by atoms with Crippen LogP contribution in [-0.2, 0) is 14.2 Å². The van der Waals surface area contributed by atoms with Crippen LogP contribution in [0.3, 0.4) is 0 Å². The maximum atomic E-state index is 9.70. The molecule has 0 aromatic carbocycles. The minimum atomic E-state index is -1.52. The Bertz CT molecular complexity index is 385. The molecule has 9 nitrogen and oxygen atoms in total. The van der Waals surface area contributed by atoms with Gasteiger partial charge in [-0.3, -0.25) is 0 Å². The highest BCUT2D eigenvalue weighted by Crippen LogP contribution is 2.36. The van der Waals surface area contributed by atoms with Crippen molar-refractivity contribution in [3.63, 3.8) is 0 Å². The standard InChI is InChI=1S/C11H17NO8/c12-3-11(4-14)6(20-11)2-18-10-9(17)8(16)7(15)5(1-13)19-10/h5-10,13-17H,1-2,4H2/t5-,6+,7-,8+,9-,10-,11+/m1/s1. The van der Waals surface area contributed by atoms with Gasteiger partial charge in [-0.25, -0.2) is 0 Å². The summed E-state index contributed by atoms with van der Waals surface area (Å²) in [6.45, 7) is -1.17. The van der Waals surface area contributed by atoms with Gasteiger partial charge in [-0.1, -0.05) is 0 Å². The number of epoxide rings is 1. The Morgan fingerprint density at radius 1 is 1.15 bits per heavy atom. The van der Waals surface area contributed by atoms with Crippen molar-refractivity contribution in [1.29, 1.82) is 5.26 Å². The van der Waals surface area contributed by atoms with Crippen molar-refractivity contribution < 1.29 is 39.7 Å². The average molecular weight is 291 g/mol. The van der Waals surface area contributed by atoms with Crippen molar-refractivity contribution in [3.8, 4) is 6.07 Å². The van der Waals surface area contributed by atoms with Gasteiger partial charge in [0.2, 0.25) is 5.60 Å². The molecule has 2 aliphatic rings. The summed E-state index contributed by atoms with van der Waals surface area (Å²) in [4.78, 5) is 0. The van der Waals surface area contributed by atoms with Crippen molar-refractivity contribution in [3.05, 3.63) is 0 Å². The smallest absolute Gasteiger partial charge is 0.205 e. The fraction of sp³-hybridized carbons (Fsp3) is 0.909. The summed E-state index contributed by atoms with van der Waals surface area (Å²) in [5.41, 5.74) is -1.30. The first kappa shape index (κ1) is 15.6. The fourth-order valence-electron chi connectivity index (χ4n) is 2.05. The second-order valence-corrected chi connectivity index (χ2v) is 4.80. The Hall–Kier alpha value is -0.830. The minimum Gasteiger partial charge on any atom is -0.394 e. The van der Waals surface area contributed by atoms with Gasteiger partial charge in [-0.15, -0.1) is 0 Å². The van der Waals surface area contributed by atoms with Crippen molar-refractivity contribution in [2.75, 3.05) is 19.8 Å². The minimum absolute atomic E-state index is 0.142. The van der Waals surface area contributed by atoms with Gasteiger partial charge in [0.15, 0.2) is 6.29 Å². The van der Waals surface area contributed by atoms with Crippen LogP contribution in [0.4, 0.5) is 0 Å². The lowest BCUT2D eigenvalue weighted by Gasteiger charge is -2.39. The quantitative estimate of drug-likeness (QED) is 0.324. The van der Waals surface area contributed by atoms with E-state index in [2.05, 4.69) is 0 Å². The molecule has 0 bridgehead atoms. The molecule has 114 valence electrons. The lowest BCUT2D eigenvalue weighted by atomic mass is 9.99. The van der Waals surface area contributed by atoms with Gasteiger partial charge in [0.25, 0.3) is 0 Å². The largest absolute Gasteiger partial charge is 0.394 e. The molecule has 0 saturated carbocycles. The first-order valence-corrected chi connectivity index (χ1v) is 6.11. The molecule has 2 aliphatic heterocycles. The normalized spacial score (nSPS) is 47.8. The Kier molecular flexibility index (Phi) is 4.58. The number of rotatable bonds is 5. The van der Waals surface area contributed by atoms with Crippen molar-refractivity contribution in [1.82, 2.24) is 0 Å². The molecule has 0 aromatic rings. The van der Waals surface area contributed by atoms with E-state index in [9.17, 15) is 15.3 Å². The molecule has 2 heterocycles. The van der Waals surface area contributed by atoms with Gasteiger partial charge in [-0.05, 0) is 0 Å². The zero-order chi connectivity index (χ0) is 14.9. The molecule has 2 rings (SSSR count). The number of aliphatic hydroxyl groups excluding tert-OH is 5. The third-order valence-electron chi connectivity index (χ3n) is 3.50. The van der Waals surface area contributed by atoms with E-state index in [0.29, 0.717) is 0 Å². The number of ether oxygens (including phenoxy) is 3. The molecule has 0 radical (unpaired) electrons. The van der Waals surface area contributed by atoms with Crippen LogP contribution in [0.1, 0.15) is 0 Å². The van der Waals surface area contributed by atoms with E-state index < -0.39 is 55.6 Å². The summed E-state index contributed by atoms with van der Waals surface area (Å²) in [5, 5.41) is 55.6. The Balaban J connectivity index is 1.88. The molecular formula is C11H17NO8. The van der Waals surface area contributed by atoms with E-state index in [1.54, 1.807) is 6.07 Å². The summed E-state index contributed by atoms with van der Waals surface area (Å²) >= 11 is 0. The number of nitrogens with zero attached hydrogens (tertiary/aromatic N) is 1. The number of hydrogen-bond acceptors (Lipinski definition) is 9. The summed E-state index contributed by atoms with van der Waals surface area (Å²) in [6.07, 6.45) is -7.48. The Morgan fingerprint density at radius 3 is 2.35 bits per heavy atom. The highest BCUT2D eigenvalue weighted by Gasteiger charge is 2.58. The first-order valence-electron chi connectivity index (χ1n) is 6.11. The molecular weight excluding hydrogens is 274 g/mol. The first-order chi connectivity index (χ1) is 9.49. The Labute approximate surface area is 114 Å². The van der Waals surface area contributed by atoms with Gasteiger partial charge in [-0.2, -0.15) is 5.26 Å². The van der Waals surface area contributed by atoms with Crippen LogP contribution in [-0.4, -0.2) is 87.8 Å². The molecule has 2 fully saturated rings. The van der Waals surface area contributed by atoms with Crippen LogP contribution in [0.5, 0.6) is 0 Å². The van der Waals surface area contributed by atoms with Gasteiger partial charge in [0, 0.05) is 0 Å². The number of aliphatic hydroxyl groups is 5.